The molecule has 0 radical (unpaired) electrons. The highest BCUT2D eigenvalue weighted by molar-refractivity contribution is 7.89. The van der Waals surface area contributed by atoms with Crippen LogP contribution in [0.5, 0.6) is 0 Å². The van der Waals surface area contributed by atoms with Gasteiger partial charge < -0.3 is 10.2 Å². The van der Waals surface area contributed by atoms with E-state index in [1.54, 1.807) is 6.07 Å². The lowest BCUT2D eigenvalue weighted by molar-refractivity contribution is 0.579. The van der Waals surface area contributed by atoms with E-state index in [1.165, 1.54) is 0 Å². The minimum absolute atomic E-state index is 0.330. The Bertz CT molecular complexity index is 1170. The molecule has 0 spiro atoms. The summed E-state index contributed by atoms with van der Waals surface area (Å²) in [5, 5.41) is 5.02. The molecule has 35 heavy (non-hydrogen) atoms. The van der Waals surface area contributed by atoms with Crippen LogP contribution in [-0.2, 0) is 10.0 Å². The number of unbranched alkanes of at least 4 members (excludes halogenated alkanes) is 2. The summed E-state index contributed by atoms with van der Waals surface area (Å²) in [4.78, 5) is 2.75. The third-order valence-corrected chi connectivity index (χ3v) is 7.54. The number of rotatable bonds is 15. The molecule has 0 atom stereocenters. The molecule has 3 rings (SSSR count). The van der Waals surface area contributed by atoms with Crippen LogP contribution in [0.1, 0.15) is 45.1 Å². The van der Waals surface area contributed by atoms with Crippen molar-refractivity contribution in [2.45, 2.75) is 44.4 Å². The van der Waals surface area contributed by atoms with Crippen LogP contribution in [-0.4, -0.2) is 41.1 Å². The molecule has 0 saturated carbocycles. The number of nitrogens with zero attached hydrogens (tertiary/aromatic N) is 1. The molecule has 0 saturated heterocycles. The molecular formula is C29H39N3O2S. The summed E-state index contributed by atoms with van der Waals surface area (Å²) in [7, 11) is -3.63. The fourth-order valence-corrected chi connectivity index (χ4v) is 5.37. The van der Waals surface area contributed by atoms with E-state index in [4.69, 9.17) is 0 Å². The molecular weight excluding hydrogens is 454 g/mol. The third kappa shape index (κ3) is 7.92. The number of anilines is 1. The maximum absolute atomic E-state index is 13.2. The number of nitrogens with one attached hydrogen (secondary N) is 2. The molecule has 3 aromatic carbocycles. The van der Waals surface area contributed by atoms with Crippen molar-refractivity contribution < 1.29 is 8.42 Å². The number of hydrogen-bond acceptors (Lipinski definition) is 4. The first kappa shape index (κ1) is 26.9. The molecule has 0 aliphatic carbocycles. The summed E-state index contributed by atoms with van der Waals surface area (Å²) < 4.78 is 29.1. The van der Waals surface area contributed by atoms with E-state index >= 15 is 0 Å². The van der Waals surface area contributed by atoms with Gasteiger partial charge in [0.05, 0.1) is 4.90 Å². The van der Waals surface area contributed by atoms with E-state index in [2.05, 4.69) is 40.9 Å². The van der Waals surface area contributed by atoms with Crippen LogP contribution >= 0.6 is 0 Å². The number of sulfonamides is 1. The summed E-state index contributed by atoms with van der Waals surface area (Å²) in [6.45, 7) is 7.93. The van der Waals surface area contributed by atoms with E-state index in [0.29, 0.717) is 24.5 Å². The molecule has 0 aromatic heterocycles. The van der Waals surface area contributed by atoms with E-state index in [9.17, 15) is 8.42 Å². The first-order valence-electron chi connectivity index (χ1n) is 12.8. The Morgan fingerprint density at radius 3 is 2.20 bits per heavy atom. The summed E-state index contributed by atoms with van der Waals surface area (Å²) in [5.74, 6) is 0. The molecule has 0 amide bonds. The Kier molecular flexibility index (Phi) is 10.8. The Labute approximate surface area is 211 Å². The second-order valence-corrected chi connectivity index (χ2v) is 10.5. The normalized spacial score (nSPS) is 11.9. The summed E-state index contributed by atoms with van der Waals surface area (Å²) in [6.07, 6.45) is 8.59. The van der Waals surface area contributed by atoms with Gasteiger partial charge in [0.15, 0.2) is 0 Å². The fourth-order valence-electron chi connectivity index (χ4n) is 4.12. The van der Waals surface area contributed by atoms with Crippen molar-refractivity contribution in [3.05, 3.63) is 78.4 Å². The van der Waals surface area contributed by atoms with Crippen LogP contribution < -0.4 is 14.9 Å². The first-order chi connectivity index (χ1) is 17.1. The van der Waals surface area contributed by atoms with Crippen molar-refractivity contribution in [1.82, 2.24) is 10.0 Å². The van der Waals surface area contributed by atoms with Gasteiger partial charge in [0, 0.05) is 49.2 Å². The minimum Gasteiger partial charge on any atom is -0.371 e. The number of fused-ring (bicyclic) bond motifs is 1. The molecule has 0 fully saturated rings. The molecule has 0 heterocycles. The van der Waals surface area contributed by atoms with Crippen molar-refractivity contribution in [2.75, 3.05) is 37.6 Å². The second-order valence-electron chi connectivity index (χ2n) is 8.74. The Hall–Kier alpha value is -2.67. The zero-order valence-corrected chi connectivity index (χ0v) is 21.9. The van der Waals surface area contributed by atoms with Crippen molar-refractivity contribution in [3.8, 4) is 0 Å². The Morgan fingerprint density at radius 2 is 1.49 bits per heavy atom. The fraction of sp³-hybridized carbons (Fsp3) is 0.379. The molecule has 2 N–H and O–H groups in total. The average Bonchev–Trinajstić information content (AvgIpc) is 2.88. The maximum Gasteiger partial charge on any atom is 0.241 e. The average molecular weight is 494 g/mol. The Morgan fingerprint density at radius 1 is 0.800 bits per heavy atom. The smallest absolute Gasteiger partial charge is 0.241 e. The molecule has 3 aromatic rings. The zero-order valence-electron chi connectivity index (χ0n) is 21.0. The van der Waals surface area contributed by atoms with Gasteiger partial charge in [-0.05, 0) is 30.5 Å². The predicted molar refractivity (Wildman–Crippen MR) is 150 cm³/mol. The van der Waals surface area contributed by atoms with E-state index in [0.717, 1.165) is 60.8 Å². The predicted octanol–water partition coefficient (Wildman–Crippen LogP) is 5.83. The SMILES string of the molecule is CCCCN(CCCC)c1cccc2c(S(=O)(=O)NCCNCC=Cc3ccccc3)cccc12. The minimum atomic E-state index is -3.63. The molecule has 0 aliphatic heterocycles. The van der Waals surface area contributed by atoms with Gasteiger partial charge in [-0.1, -0.05) is 93.4 Å². The van der Waals surface area contributed by atoms with Crippen LogP contribution in [0, 0.1) is 0 Å². The van der Waals surface area contributed by atoms with Gasteiger partial charge in [0.1, 0.15) is 0 Å². The van der Waals surface area contributed by atoms with Gasteiger partial charge in [0.25, 0.3) is 0 Å². The zero-order chi connectivity index (χ0) is 24.9. The van der Waals surface area contributed by atoms with Crippen molar-refractivity contribution in [2.24, 2.45) is 0 Å². The van der Waals surface area contributed by atoms with Crippen LogP contribution in [0.2, 0.25) is 0 Å². The van der Waals surface area contributed by atoms with Crippen molar-refractivity contribution in [3.63, 3.8) is 0 Å². The lowest BCUT2D eigenvalue weighted by Crippen LogP contribution is -2.32. The summed E-state index contributed by atoms with van der Waals surface area (Å²) in [5.41, 5.74) is 2.27. The quantitative estimate of drug-likeness (QED) is 0.262. The largest absolute Gasteiger partial charge is 0.371 e. The monoisotopic (exact) mass is 493 g/mol. The van der Waals surface area contributed by atoms with Crippen molar-refractivity contribution >= 4 is 32.6 Å². The van der Waals surface area contributed by atoms with Gasteiger partial charge in [-0.15, -0.1) is 0 Å². The molecule has 188 valence electrons. The number of benzene rings is 3. The Balaban J connectivity index is 1.66. The van der Waals surface area contributed by atoms with Crippen LogP contribution in [0.4, 0.5) is 5.69 Å². The first-order valence-corrected chi connectivity index (χ1v) is 14.2. The summed E-state index contributed by atoms with van der Waals surface area (Å²) in [6, 6.07) is 21.7. The van der Waals surface area contributed by atoms with Gasteiger partial charge in [0.2, 0.25) is 10.0 Å². The lowest BCUT2D eigenvalue weighted by atomic mass is 10.1. The highest BCUT2D eigenvalue weighted by atomic mass is 32.2. The van der Waals surface area contributed by atoms with E-state index < -0.39 is 10.0 Å². The molecule has 5 nitrogen and oxygen atoms in total. The van der Waals surface area contributed by atoms with E-state index in [-0.39, 0.29) is 0 Å². The third-order valence-electron chi connectivity index (χ3n) is 6.02. The van der Waals surface area contributed by atoms with Gasteiger partial charge in [-0.3, -0.25) is 0 Å². The molecule has 0 bridgehead atoms. The maximum atomic E-state index is 13.2. The highest BCUT2D eigenvalue weighted by Crippen LogP contribution is 2.31. The second kappa shape index (κ2) is 14.0. The van der Waals surface area contributed by atoms with Crippen LogP contribution in [0.3, 0.4) is 0 Å². The standard InChI is InChI=1S/C29H39N3O2S/c1-3-5-23-32(24-6-4-2)28-18-10-17-27-26(28)16-11-19-29(27)35(33,34)31-22-21-30-20-12-15-25-13-8-7-9-14-25/h7-19,30-31H,3-6,20-24H2,1-2H3. The number of hydrogen-bond donors (Lipinski definition) is 2. The topological polar surface area (TPSA) is 61.4 Å². The lowest BCUT2D eigenvalue weighted by Gasteiger charge is -2.26. The van der Waals surface area contributed by atoms with Gasteiger partial charge >= 0.3 is 0 Å². The molecule has 0 aliphatic rings. The van der Waals surface area contributed by atoms with Crippen LogP contribution in [0.25, 0.3) is 16.8 Å². The van der Waals surface area contributed by atoms with Crippen molar-refractivity contribution in [1.29, 1.82) is 0 Å². The molecule has 0 unspecified atom stereocenters. The highest BCUT2D eigenvalue weighted by Gasteiger charge is 2.19. The van der Waals surface area contributed by atoms with Gasteiger partial charge in [-0.25, -0.2) is 13.1 Å². The van der Waals surface area contributed by atoms with Crippen LogP contribution in [0.15, 0.2) is 77.7 Å². The van der Waals surface area contributed by atoms with E-state index in [1.807, 2.05) is 60.7 Å². The molecule has 6 heteroatoms. The summed E-state index contributed by atoms with van der Waals surface area (Å²) >= 11 is 0. The van der Waals surface area contributed by atoms with Gasteiger partial charge in [-0.2, -0.15) is 0 Å².